The molecule has 0 aromatic heterocycles. The number of nitrogens with zero attached hydrogens (tertiary/aromatic N) is 1. The van der Waals surface area contributed by atoms with Crippen molar-refractivity contribution in [1.82, 2.24) is 4.90 Å². The number of ether oxygens (including phenoxy) is 2. The first kappa shape index (κ1) is 21.4. The Labute approximate surface area is 186 Å². The molecule has 1 fully saturated rings. The van der Waals surface area contributed by atoms with Crippen molar-refractivity contribution >= 4 is 67.8 Å². The third-order valence-corrected chi connectivity index (χ3v) is 5.97. The molecule has 1 aliphatic heterocycles. The Balaban J connectivity index is 1.66. The van der Waals surface area contributed by atoms with E-state index in [0.29, 0.717) is 26.4 Å². The Kier molecular flexibility index (Phi) is 6.94. The number of thioether (sulfide) groups is 1. The van der Waals surface area contributed by atoms with E-state index in [1.54, 1.807) is 43.5 Å². The van der Waals surface area contributed by atoms with Crippen LogP contribution in [-0.2, 0) is 9.59 Å². The van der Waals surface area contributed by atoms with Crippen molar-refractivity contribution in [3.8, 4) is 11.5 Å². The number of rotatable bonds is 6. The fourth-order valence-corrected chi connectivity index (χ4v) is 3.91. The predicted octanol–water partition coefficient (Wildman–Crippen LogP) is 4.31. The maximum absolute atomic E-state index is 12.1. The Morgan fingerprint density at radius 1 is 1.24 bits per heavy atom. The molecule has 2 aromatic carbocycles. The van der Waals surface area contributed by atoms with Gasteiger partial charge in [-0.05, 0) is 48.0 Å². The quantitative estimate of drug-likeness (QED) is 0.478. The normalized spacial score (nSPS) is 15.0. The van der Waals surface area contributed by atoms with Crippen LogP contribution in [0.3, 0.4) is 0 Å². The number of thiocarbonyl (C=S) groups is 1. The maximum atomic E-state index is 12.1. The van der Waals surface area contributed by atoms with Crippen molar-refractivity contribution in [2.24, 2.45) is 0 Å². The molecule has 6 nitrogen and oxygen atoms in total. The van der Waals surface area contributed by atoms with Crippen molar-refractivity contribution in [3.05, 3.63) is 57.4 Å². The van der Waals surface area contributed by atoms with Gasteiger partial charge in [-0.25, -0.2) is 0 Å². The van der Waals surface area contributed by atoms with Crippen LogP contribution < -0.4 is 14.8 Å². The van der Waals surface area contributed by atoms with Crippen LogP contribution in [0.4, 0.5) is 5.69 Å². The molecule has 1 saturated heterocycles. The summed E-state index contributed by atoms with van der Waals surface area (Å²) in [5.74, 6) is 0.467. The minimum Gasteiger partial charge on any atom is -0.493 e. The van der Waals surface area contributed by atoms with Gasteiger partial charge in [-0.2, -0.15) is 0 Å². The summed E-state index contributed by atoms with van der Waals surface area (Å²) in [5, 5.41) is 2.76. The average molecular weight is 493 g/mol. The standard InChI is InChI=1S/C20H17BrN2O4S2/c1-23-19(25)17(29-20(23)28)10-12-3-8-15(16(9-12)26-2)27-11-18(24)22-14-6-4-13(21)5-7-14/h3-10H,11H2,1-2H3,(H,22,24)/b17-10+. The monoisotopic (exact) mass is 492 g/mol. The highest BCUT2D eigenvalue weighted by molar-refractivity contribution is 9.10. The highest BCUT2D eigenvalue weighted by Crippen LogP contribution is 2.34. The molecule has 0 unspecified atom stereocenters. The molecule has 0 saturated carbocycles. The van der Waals surface area contributed by atoms with Crippen molar-refractivity contribution in [1.29, 1.82) is 0 Å². The molecule has 1 N–H and O–H groups in total. The second-order valence-electron chi connectivity index (χ2n) is 5.99. The SMILES string of the molecule is COc1cc(/C=C2/SC(=S)N(C)C2=O)ccc1OCC(=O)Nc1ccc(Br)cc1. The van der Waals surface area contributed by atoms with Crippen molar-refractivity contribution in [2.75, 3.05) is 26.1 Å². The van der Waals surface area contributed by atoms with Gasteiger partial charge in [-0.3, -0.25) is 14.5 Å². The number of likely N-dealkylation sites (N-methyl/N-ethyl adjacent to an activating group) is 1. The molecule has 0 atom stereocenters. The number of nitrogens with one attached hydrogen (secondary N) is 1. The molecule has 2 aromatic rings. The number of hydrogen-bond donors (Lipinski definition) is 1. The lowest BCUT2D eigenvalue weighted by Crippen LogP contribution is -2.22. The largest absolute Gasteiger partial charge is 0.493 e. The molecule has 3 rings (SSSR count). The zero-order valence-corrected chi connectivity index (χ0v) is 18.8. The van der Waals surface area contributed by atoms with Gasteiger partial charge in [0, 0.05) is 17.2 Å². The second-order valence-corrected chi connectivity index (χ2v) is 8.59. The number of methoxy groups -OCH3 is 1. The van der Waals surface area contributed by atoms with E-state index in [4.69, 9.17) is 21.7 Å². The second kappa shape index (κ2) is 9.43. The number of benzene rings is 2. The average Bonchev–Trinajstić information content (AvgIpc) is 2.95. The molecule has 0 aliphatic carbocycles. The molecule has 0 spiro atoms. The van der Waals surface area contributed by atoms with E-state index in [0.717, 1.165) is 10.0 Å². The number of hydrogen-bond acceptors (Lipinski definition) is 6. The molecule has 29 heavy (non-hydrogen) atoms. The molecule has 2 amide bonds. The predicted molar refractivity (Wildman–Crippen MR) is 122 cm³/mol. The van der Waals surface area contributed by atoms with E-state index in [-0.39, 0.29) is 18.4 Å². The summed E-state index contributed by atoms with van der Waals surface area (Å²) in [4.78, 5) is 26.2. The van der Waals surface area contributed by atoms with Gasteiger partial charge >= 0.3 is 0 Å². The van der Waals surface area contributed by atoms with Crippen molar-refractivity contribution in [3.63, 3.8) is 0 Å². The molecule has 1 heterocycles. The molecule has 150 valence electrons. The van der Waals surface area contributed by atoms with Crippen molar-refractivity contribution < 1.29 is 19.1 Å². The van der Waals surface area contributed by atoms with Gasteiger partial charge in [0.05, 0.1) is 12.0 Å². The molecular formula is C20H17BrN2O4S2. The Bertz CT molecular complexity index is 992. The zero-order valence-electron chi connectivity index (χ0n) is 15.6. The topological polar surface area (TPSA) is 67.9 Å². The molecular weight excluding hydrogens is 476 g/mol. The van der Waals surface area contributed by atoms with Gasteiger partial charge in [0.1, 0.15) is 4.32 Å². The minimum absolute atomic E-state index is 0.135. The highest BCUT2D eigenvalue weighted by atomic mass is 79.9. The van der Waals surface area contributed by atoms with E-state index < -0.39 is 0 Å². The van der Waals surface area contributed by atoms with E-state index in [1.165, 1.54) is 23.8 Å². The molecule has 0 bridgehead atoms. The van der Waals surface area contributed by atoms with E-state index in [2.05, 4.69) is 21.2 Å². The van der Waals surface area contributed by atoms with Crippen LogP contribution in [0.15, 0.2) is 51.8 Å². The summed E-state index contributed by atoms with van der Waals surface area (Å²) in [6.07, 6.45) is 1.75. The first-order chi connectivity index (χ1) is 13.9. The lowest BCUT2D eigenvalue weighted by Gasteiger charge is -2.12. The third kappa shape index (κ3) is 5.37. The fourth-order valence-electron chi connectivity index (χ4n) is 2.46. The van der Waals surface area contributed by atoms with Gasteiger partial charge in [0.15, 0.2) is 18.1 Å². The van der Waals surface area contributed by atoms with Gasteiger partial charge in [0.25, 0.3) is 11.8 Å². The summed E-state index contributed by atoms with van der Waals surface area (Å²) in [7, 11) is 3.16. The molecule has 1 aliphatic rings. The fraction of sp³-hybridized carbons (Fsp3) is 0.150. The highest BCUT2D eigenvalue weighted by Gasteiger charge is 2.28. The smallest absolute Gasteiger partial charge is 0.265 e. The first-order valence-corrected chi connectivity index (χ1v) is 10.5. The lowest BCUT2D eigenvalue weighted by molar-refractivity contribution is -0.121. The van der Waals surface area contributed by atoms with Gasteiger partial charge in [0.2, 0.25) is 0 Å². The number of amides is 2. The van der Waals surface area contributed by atoms with Crippen LogP contribution in [0, 0.1) is 0 Å². The van der Waals surface area contributed by atoms with Crippen LogP contribution in [0.5, 0.6) is 11.5 Å². The zero-order chi connectivity index (χ0) is 21.0. The third-order valence-electron chi connectivity index (χ3n) is 3.96. The van der Waals surface area contributed by atoms with Crippen LogP contribution in [-0.4, -0.2) is 41.8 Å². The van der Waals surface area contributed by atoms with Gasteiger partial charge in [-0.15, -0.1) is 0 Å². The summed E-state index contributed by atoms with van der Waals surface area (Å²) in [6.45, 7) is -0.166. The van der Waals surface area contributed by atoms with Crippen molar-refractivity contribution in [2.45, 2.75) is 0 Å². The van der Waals surface area contributed by atoms with E-state index >= 15 is 0 Å². The van der Waals surface area contributed by atoms with E-state index in [9.17, 15) is 9.59 Å². The number of halogens is 1. The Morgan fingerprint density at radius 2 is 1.97 bits per heavy atom. The number of carbonyl (C=O) groups excluding carboxylic acids is 2. The number of anilines is 1. The van der Waals surface area contributed by atoms with Gasteiger partial charge < -0.3 is 14.8 Å². The van der Waals surface area contributed by atoms with Crippen LogP contribution in [0.1, 0.15) is 5.56 Å². The summed E-state index contributed by atoms with van der Waals surface area (Å²) in [5.41, 5.74) is 1.44. The van der Waals surface area contributed by atoms with Crippen LogP contribution in [0.2, 0.25) is 0 Å². The Hall–Kier alpha value is -2.36. The van der Waals surface area contributed by atoms with Crippen LogP contribution >= 0.6 is 39.9 Å². The summed E-state index contributed by atoms with van der Waals surface area (Å²) < 4.78 is 12.4. The summed E-state index contributed by atoms with van der Waals surface area (Å²) >= 11 is 9.73. The Morgan fingerprint density at radius 3 is 2.59 bits per heavy atom. The summed E-state index contributed by atoms with van der Waals surface area (Å²) in [6, 6.07) is 12.5. The van der Waals surface area contributed by atoms with Gasteiger partial charge in [-0.1, -0.05) is 46.0 Å². The lowest BCUT2D eigenvalue weighted by atomic mass is 10.2. The van der Waals surface area contributed by atoms with E-state index in [1.807, 2.05) is 12.1 Å². The first-order valence-electron chi connectivity index (χ1n) is 8.45. The molecule has 9 heteroatoms. The maximum Gasteiger partial charge on any atom is 0.265 e. The van der Waals surface area contributed by atoms with Crippen LogP contribution in [0.25, 0.3) is 6.08 Å². The minimum atomic E-state index is -0.287. The molecule has 0 radical (unpaired) electrons. The number of carbonyl (C=O) groups is 2.